The maximum Gasteiger partial charge on any atom is 3.00 e. The van der Waals surface area contributed by atoms with Gasteiger partial charge in [0.1, 0.15) is 0 Å². The Hall–Kier alpha value is -1.14. The molecule has 127 valence electrons. The molecule has 0 fully saturated rings. The summed E-state index contributed by atoms with van der Waals surface area (Å²) in [5, 5.41) is 28.5. The number of hydrogen-bond donors (Lipinski definition) is 0. The number of carboxylic acid groups (broad SMARTS) is 3. The first-order valence-electron chi connectivity index (χ1n) is 4.54. The average molecular weight is 454 g/mol. The first-order chi connectivity index (χ1) is 7.93. The van der Waals surface area contributed by atoms with E-state index in [0.717, 1.165) is 0 Å². The van der Waals surface area contributed by atoms with Crippen LogP contribution in [0.15, 0.2) is 36.5 Å². The van der Waals surface area contributed by atoms with Gasteiger partial charge in [0.05, 0.1) is 17.9 Å². The van der Waals surface area contributed by atoms with Gasteiger partial charge in [0.2, 0.25) is 0 Å². The van der Waals surface area contributed by atoms with Gasteiger partial charge in [-0.3, -0.25) is 0 Å². The maximum atomic E-state index is 9.49. The summed E-state index contributed by atoms with van der Waals surface area (Å²) >= 11 is 0. The van der Waals surface area contributed by atoms with Crippen LogP contribution in [0.1, 0.15) is 20.8 Å². The van der Waals surface area contributed by atoms with Crippen molar-refractivity contribution >= 4 is 17.9 Å². The number of carbonyl (C=O) groups excluding carboxylic acids is 3. The molecule has 1 radical (unpaired) electrons. The van der Waals surface area contributed by atoms with Crippen LogP contribution in [-0.2, 0) is 14.4 Å². The van der Waals surface area contributed by atoms with Gasteiger partial charge in [-0.05, 0) is 37.5 Å². The molecule has 0 aliphatic heterocycles. The van der Waals surface area contributed by atoms with Crippen LogP contribution in [0.5, 0.6) is 0 Å². The van der Waals surface area contributed by atoms with Crippen molar-refractivity contribution < 1.29 is 87.0 Å². The summed E-state index contributed by atoms with van der Waals surface area (Å²) < 4.78 is 0. The summed E-state index contributed by atoms with van der Waals surface area (Å²) in [6.45, 7) is 13.4. The summed E-state index contributed by atoms with van der Waals surface area (Å²) in [6, 6.07) is 0. The van der Waals surface area contributed by atoms with Gasteiger partial charge in [-0.25, -0.2) is 0 Å². The predicted octanol–water partition coefficient (Wildman–Crippen LogP) is -4.54. The molecule has 0 rings (SSSR count). The molecule has 0 heterocycles. The molecule has 0 atom stereocenters. The molecule has 0 aromatic carbocycles. The van der Waals surface area contributed by atoms with Crippen molar-refractivity contribution in [1.82, 2.24) is 0 Å². The van der Waals surface area contributed by atoms with Crippen LogP contribution in [0.3, 0.4) is 0 Å². The van der Waals surface area contributed by atoms with E-state index in [2.05, 4.69) is 19.7 Å². The Morgan fingerprint density at radius 3 is 0.636 bits per heavy atom. The second kappa shape index (κ2) is 24.9. The van der Waals surface area contributed by atoms with Gasteiger partial charge in [-0.1, -0.05) is 19.7 Å². The van der Waals surface area contributed by atoms with Crippen LogP contribution in [0, 0.1) is 40.8 Å². The monoisotopic (exact) mass is 451 g/mol. The minimum absolute atomic E-state index is 0. The van der Waals surface area contributed by atoms with Crippen molar-refractivity contribution in [2.45, 2.75) is 20.8 Å². The zero-order chi connectivity index (χ0) is 15.5. The second-order valence-electron chi connectivity index (χ2n) is 3.20. The van der Waals surface area contributed by atoms with E-state index in [-0.39, 0.29) is 74.0 Å². The normalized spacial score (nSPS) is 6.14. The van der Waals surface area contributed by atoms with Crippen molar-refractivity contribution in [1.29, 1.82) is 0 Å². The fourth-order valence-corrected chi connectivity index (χ4v) is 0. The van der Waals surface area contributed by atoms with Gasteiger partial charge >= 0.3 is 40.8 Å². The molecular formula is C12H21NdO9. The molecule has 10 heteroatoms. The van der Waals surface area contributed by atoms with Crippen molar-refractivity contribution in [3.63, 3.8) is 0 Å². The zero-order valence-electron chi connectivity index (χ0n) is 12.6. The summed E-state index contributed by atoms with van der Waals surface area (Å²) in [6.07, 6.45) is 0. The summed E-state index contributed by atoms with van der Waals surface area (Å²) in [5.41, 5.74) is 0.194. The van der Waals surface area contributed by atoms with Gasteiger partial charge in [-0.2, -0.15) is 0 Å². The Balaban J connectivity index is -0.0000000281. The quantitative estimate of drug-likeness (QED) is 0.383. The number of hydrogen-bond acceptors (Lipinski definition) is 6. The molecule has 6 N–H and O–H groups in total. The predicted molar refractivity (Wildman–Crippen MR) is 70.3 cm³/mol. The van der Waals surface area contributed by atoms with E-state index in [1.165, 1.54) is 20.8 Å². The Morgan fingerprint density at radius 2 is 0.636 bits per heavy atom. The number of rotatable bonds is 3. The third-order valence-corrected chi connectivity index (χ3v) is 1.05. The van der Waals surface area contributed by atoms with E-state index in [1.54, 1.807) is 0 Å². The number of carbonyl (C=O) groups is 3. The Kier molecular flexibility index (Phi) is 48.4. The van der Waals surface area contributed by atoms with Crippen molar-refractivity contribution in [2.24, 2.45) is 0 Å². The van der Waals surface area contributed by atoms with Crippen LogP contribution in [0.4, 0.5) is 0 Å². The van der Waals surface area contributed by atoms with Crippen LogP contribution >= 0.6 is 0 Å². The molecule has 22 heavy (non-hydrogen) atoms. The molecule has 0 aromatic heterocycles. The molecule has 0 amide bonds. The Labute approximate surface area is 161 Å². The average Bonchev–Trinajstić information content (AvgIpc) is 2.18. The topological polar surface area (TPSA) is 215 Å². The third kappa shape index (κ3) is 51.0. The SMILES string of the molecule is C=C(C)C(=O)[O-].C=C(C)C(=O)[O-].C=C(C)C(=O)[O-].O.O.O.[Nd+3]. The van der Waals surface area contributed by atoms with E-state index < -0.39 is 17.9 Å². The first kappa shape index (κ1) is 42.8. The van der Waals surface area contributed by atoms with Crippen LogP contribution in [0.2, 0.25) is 0 Å². The van der Waals surface area contributed by atoms with Gasteiger partial charge < -0.3 is 46.1 Å². The molecule has 0 saturated heterocycles. The Bertz CT molecular complexity index is 282. The molecule has 0 spiro atoms. The minimum Gasteiger partial charge on any atom is -0.545 e. The van der Waals surface area contributed by atoms with Gasteiger partial charge in [0.15, 0.2) is 0 Å². The fraction of sp³-hybridized carbons (Fsp3) is 0.250. The van der Waals surface area contributed by atoms with Crippen molar-refractivity contribution in [3.8, 4) is 0 Å². The van der Waals surface area contributed by atoms with Crippen LogP contribution in [0.25, 0.3) is 0 Å². The molecule has 9 nitrogen and oxygen atoms in total. The van der Waals surface area contributed by atoms with Crippen LogP contribution in [-0.4, -0.2) is 34.3 Å². The smallest absolute Gasteiger partial charge is 0.545 e. The molecule has 0 aliphatic rings. The summed E-state index contributed by atoms with van der Waals surface area (Å²) in [5.74, 6) is -3.56. The maximum absolute atomic E-state index is 9.49. The first-order valence-corrected chi connectivity index (χ1v) is 4.54. The Morgan fingerprint density at radius 1 is 0.591 bits per heavy atom. The summed E-state index contributed by atoms with van der Waals surface area (Å²) in [4.78, 5) is 28.5. The molecule has 0 aliphatic carbocycles. The van der Waals surface area contributed by atoms with Crippen molar-refractivity contribution in [3.05, 3.63) is 36.5 Å². The summed E-state index contributed by atoms with van der Waals surface area (Å²) in [7, 11) is 0. The molecule has 0 aromatic rings. The van der Waals surface area contributed by atoms with Gasteiger partial charge in [-0.15, -0.1) is 0 Å². The van der Waals surface area contributed by atoms with E-state index in [4.69, 9.17) is 0 Å². The molecule has 0 bridgehead atoms. The molecule has 0 unspecified atom stereocenters. The number of carboxylic acids is 3. The minimum atomic E-state index is -1.19. The van der Waals surface area contributed by atoms with Gasteiger partial charge in [0, 0.05) is 0 Å². The standard InChI is InChI=1S/3C4H6O2.Nd.3H2O/c3*1-3(2)4(5)6;;;;/h3*1H2,2H3,(H,5,6);;3*1H2/q;;;+3;;;/p-3. The molecule has 0 saturated carbocycles. The second-order valence-corrected chi connectivity index (χ2v) is 3.20. The number of aliphatic carboxylic acids is 3. The van der Waals surface area contributed by atoms with E-state index >= 15 is 0 Å². The van der Waals surface area contributed by atoms with Crippen molar-refractivity contribution in [2.75, 3.05) is 0 Å². The van der Waals surface area contributed by atoms with Gasteiger partial charge in [0.25, 0.3) is 0 Å². The van der Waals surface area contributed by atoms with E-state index in [9.17, 15) is 29.7 Å². The zero-order valence-corrected chi connectivity index (χ0v) is 15.8. The van der Waals surface area contributed by atoms with E-state index in [0.29, 0.717) is 0 Å². The van der Waals surface area contributed by atoms with Crippen LogP contribution < -0.4 is 15.3 Å². The third-order valence-electron chi connectivity index (χ3n) is 1.05. The molecular weight excluding hydrogens is 432 g/mol. The fourth-order valence-electron chi connectivity index (χ4n) is 0. The largest absolute Gasteiger partial charge is 3.00 e. The van der Waals surface area contributed by atoms with E-state index in [1.807, 2.05) is 0 Å².